The van der Waals surface area contributed by atoms with Gasteiger partial charge in [-0.3, -0.25) is 28.2 Å². The smallest absolute Gasteiger partial charge is 0.293 e. The predicted octanol–water partition coefficient (Wildman–Crippen LogP) is 6.58. The highest BCUT2D eigenvalue weighted by molar-refractivity contribution is 7.93. The molecule has 4 aromatic heterocycles. The van der Waals surface area contributed by atoms with Gasteiger partial charge in [0, 0.05) is 42.4 Å². The minimum atomic E-state index is -4.07. The van der Waals surface area contributed by atoms with Crippen LogP contribution in [0, 0.1) is 17.6 Å². The fraction of sp³-hybridized carbons (Fsp3) is 0.342. The number of aromatic nitrogens is 8. The molecule has 1 amide bonds. The number of amides is 1. The highest BCUT2D eigenvalue weighted by Crippen LogP contribution is 2.68. The number of sulfonamides is 1. The van der Waals surface area contributed by atoms with Gasteiger partial charge in [-0.05, 0) is 61.1 Å². The quantitative estimate of drug-likeness (QED) is 0.115. The lowest BCUT2D eigenvalue weighted by molar-refractivity contribution is -0.123. The van der Waals surface area contributed by atoms with Crippen molar-refractivity contribution < 1.29 is 48.3 Å². The summed E-state index contributed by atoms with van der Waals surface area (Å²) in [6.45, 7) is -2.22. The Bertz CT molecular complexity index is 2940. The van der Waals surface area contributed by atoms with Gasteiger partial charge in [0.25, 0.3) is 24.3 Å². The summed E-state index contributed by atoms with van der Waals surface area (Å²) in [5.74, 6) is -10.0. The fourth-order valence-corrected chi connectivity index (χ4v) is 9.60. The van der Waals surface area contributed by atoms with E-state index in [2.05, 4.69) is 35.2 Å². The number of nitrogens with one attached hydrogen (secondary N) is 2. The van der Waals surface area contributed by atoms with Crippen molar-refractivity contribution in [3.05, 3.63) is 110 Å². The SMILES string of the molecule is O=C(Cn1nc(C(F)F)c2c1C(F)(F)[C@@H]1C[C@H]21)N[C@@H](Cc1cc(F)cc(F)c1)c1nc(-c2ncccn2)cc(=O)n1-c1ccc(Cl)c2c(NS(=O)(=O)C3CC3)nn(CC(F)F)c12. The number of alkyl halides is 6. The molecule has 3 aliphatic carbocycles. The zero-order valence-electron chi connectivity index (χ0n) is 31.4. The van der Waals surface area contributed by atoms with Crippen LogP contribution in [0.25, 0.3) is 28.1 Å². The lowest BCUT2D eigenvalue weighted by Gasteiger charge is -2.24. The Balaban J connectivity index is 1.23. The second-order valence-corrected chi connectivity index (χ2v) is 17.5. The fourth-order valence-electron chi connectivity index (χ4n) is 8.02. The van der Waals surface area contributed by atoms with Crippen LogP contribution < -0.4 is 15.6 Å². The number of rotatable bonds is 14. The number of halogens is 9. The molecule has 0 saturated heterocycles. The number of fused-ring (bicyclic) bond motifs is 4. The molecule has 4 heterocycles. The molecule has 3 aliphatic rings. The lowest BCUT2D eigenvalue weighted by Crippen LogP contribution is -2.38. The molecule has 0 aliphatic heterocycles. The topological polar surface area (TPSA) is 172 Å². The van der Waals surface area contributed by atoms with Crippen molar-refractivity contribution in [2.45, 2.75) is 74.8 Å². The average Bonchev–Trinajstić information content (AvgIpc) is 4.12. The Kier molecular flexibility index (Phi) is 10.1. The molecule has 62 heavy (non-hydrogen) atoms. The summed E-state index contributed by atoms with van der Waals surface area (Å²) >= 11 is 6.59. The van der Waals surface area contributed by atoms with Crippen LogP contribution in [0.15, 0.2) is 59.7 Å². The van der Waals surface area contributed by atoms with Gasteiger partial charge in [0.1, 0.15) is 47.6 Å². The molecule has 0 unspecified atom stereocenters. The average molecular weight is 909 g/mol. The van der Waals surface area contributed by atoms with E-state index < -0.39 is 118 Å². The van der Waals surface area contributed by atoms with Crippen LogP contribution in [0.4, 0.5) is 40.9 Å². The van der Waals surface area contributed by atoms with Crippen LogP contribution in [0.5, 0.6) is 0 Å². The van der Waals surface area contributed by atoms with Gasteiger partial charge < -0.3 is 5.32 Å². The lowest BCUT2D eigenvalue weighted by atomic mass is 10.0. The third-order valence-corrected chi connectivity index (χ3v) is 12.9. The Morgan fingerprint density at radius 1 is 0.984 bits per heavy atom. The van der Waals surface area contributed by atoms with Crippen LogP contribution >= 0.6 is 11.6 Å². The van der Waals surface area contributed by atoms with E-state index in [1.54, 1.807) is 0 Å². The van der Waals surface area contributed by atoms with Crippen LogP contribution in [0.1, 0.15) is 66.0 Å². The summed E-state index contributed by atoms with van der Waals surface area (Å²) in [5.41, 5.74) is -4.04. The highest BCUT2D eigenvalue weighted by atomic mass is 35.5. The van der Waals surface area contributed by atoms with Gasteiger partial charge in [-0.15, -0.1) is 0 Å². The number of benzene rings is 2. The first-order chi connectivity index (χ1) is 29.4. The maximum absolute atomic E-state index is 15.5. The zero-order chi connectivity index (χ0) is 44.0. The Morgan fingerprint density at radius 2 is 1.69 bits per heavy atom. The first-order valence-corrected chi connectivity index (χ1v) is 20.8. The molecule has 24 heteroatoms. The number of carbonyl (C=O) groups is 1. The molecule has 2 N–H and O–H groups in total. The molecule has 3 atom stereocenters. The maximum atomic E-state index is 15.5. The van der Waals surface area contributed by atoms with E-state index >= 15 is 8.78 Å². The highest BCUT2D eigenvalue weighted by Gasteiger charge is 2.67. The van der Waals surface area contributed by atoms with E-state index in [0.29, 0.717) is 23.6 Å². The second kappa shape index (κ2) is 15.1. The molecule has 324 valence electrons. The molecule has 2 fully saturated rings. The van der Waals surface area contributed by atoms with Gasteiger partial charge in [0.05, 0.1) is 32.9 Å². The Labute approximate surface area is 349 Å². The monoisotopic (exact) mass is 908 g/mol. The van der Waals surface area contributed by atoms with Crippen molar-refractivity contribution in [2.75, 3.05) is 4.72 Å². The van der Waals surface area contributed by atoms with Crippen molar-refractivity contribution in [3.63, 3.8) is 0 Å². The van der Waals surface area contributed by atoms with Crippen molar-refractivity contribution in [1.29, 1.82) is 0 Å². The first-order valence-electron chi connectivity index (χ1n) is 18.8. The number of carbonyl (C=O) groups excluding carboxylic acids is 1. The standard InChI is InChI=1S/C38H29ClF8N10O4S/c39-22-4-5-25(32-30(22)36(53-55(32)14-26(42)43)54-62(60,61)19-2-3-19)57-28(59)13-23(35-48-6-1-7-49-35)51-37(57)24(10-16-8-17(40)11-18(41)9-16)50-27(58)15-56-33-29(31(52-56)34(44)45)20-12-21(20)38(33,46)47/h1,4-9,11,13,19-21,24,26,34H,2-3,10,12,14-15H2,(H,50,58)(H,53,54)/t20-,21+,24-/m0/s1. The molecule has 9 rings (SSSR count). The third-order valence-electron chi connectivity index (χ3n) is 10.8. The molecule has 14 nitrogen and oxygen atoms in total. The number of anilines is 1. The minimum absolute atomic E-state index is 0.0450. The summed E-state index contributed by atoms with van der Waals surface area (Å²) in [6, 6.07) is 5.49. The summed E-state index contributed by atoms with van der Waals surface area (Å²) < 4.78 is 147. The van der Waals surface area contributed by atoms with E-state index in [-0.39, 0.29) is 50.7 Å². The normalized spacial score (nSPS) is 18.3. The van der Waals surface area contributed by atoms with Crippen molar-refractivity contribution in [1.82, 2.24) is 44.4 Å². The van der Waals surface area contributed by atoms with Crippen LogP contribution in [-0.4, -0.2) is 65.1 Å². The van der Waals surface area contributed by atoms with E-state index in [0.717, 1.165) is 27.4 Å². The largest absolute Gasteiger partial charge is 0.344 e. The van der Waals surface area contributed by atoms with Crippen molar-refractivity contribution in [3.8, 4) is 17.2 Å². The zero-order valence-corrected chi connectivity index (χ0v) is 33.0. The number of nitrogens with zero attached hydrogens (tertiary/aromatic N) is 8. The van der Waals surface area contributed by atoms with Gasteiger partial charge in [0.2, 0.25) is 15.9 Å². The molecule has 6 aromatic rings. The maximum Gasteiger partial charge on any atom is 0.293 e. The molecule has 0 radical (unpaired) electrons. The van der Waals surface area contributed by atoms with E-state index in [1.165, 1.54) is 30.6 Å². The molecule has 0 bridgehead atoms. The van der Waals surface area contributed by atoms with Crippen LogP contribution in [0.3, 0.4) is 0 Å². The molecule has 2 aromatic carbocycles. The van der Waals surface area contributed by atoms with Gasteiger partial charge in [-0.25, -0.2) is 49.7 Å². The Hall–Kier alpha value is -5.97. The minimum Gasteiger partial charge on any atom is -0.344 e. The van der Waals surface area contributed by atoms with Gasteiger partial charge in [-0.2, -0.15) is 19.0 Å². The summed E-state index contributed by atoms with van der Waals surface area (Å²) in [4.78, 5) is 41.4. The van der Waals surface area contributed by atoms with E-state index in [9.17, 15) is 44.3 Å². The Morgan fingerprint density at radius 3 is 2.35 bits per heavy atom. The summed E-state index contributed by atoms with van der Waals surface area (Å²) in [7, 11) is -4.07. The third kappa shape index (κ3) is 7.43. The molecular weight excluding hydrogens is 880 g/mol. The van der Waals surface area contributed by atoms with Crippen molar-refractivity contribution in [2.24, 2.45) is 5.92 Å². The van der Waals surface area contributed by atoms with Crippen LogP contribution in [0.2, 0.25) is 5.02 Å². The van der Waals surface area contributed by atoms with Gasteiger partial charge in [-0.1, -0.05) is 11.6 Å². The van der Waals surface area contributed by atoms with Gasteiger partial charge in [0.15, 0.2) is 11.6 Å². The predicted molar refractivity (Wildman–Crippen MR) is 204 cm³/mol. The van der Waals surface area contributed by atoms with E-state index in [4.69, 9.17) is 11.6 Å². The molecule has 2 saturated carbocycles. The number of hydrogen-bond donors (Lipinski definition) is 2. The second-order valence-electron chi connectivity index (χ2n) is 15.1. The summed E-state index contributed by atoms with van der Waals surface area (Å²) in [5, 5.41) is 9.15. The number of hydrogen-bond acceptors (Lipinski definition) is 9. The molecular formula is C38H29ClF8N10O4S. The van der Waals surface area contributed by atoms with E-state index in [1.807, 2.05) is 0 Å². The van der Waals surface area contributed by atoms with Crippen molar-refractivity contribution >= 4 is 44.3 Å². The van der Waals surface area contributed by atoms with Crippen LogP contribution in [-0.2, 0) is 40.3 Å². The summed E-state index contributed by atoms with van der Waals surface area (Å²) in [6.07, 6.45) is -3.69. The molecule has 0 spiro atoms. The van der Waals surface area contributed by atoms with Gasteiger partial charge >= 0.3 is 0 Å². The first kappa shape index (κ1) is 41.4.